The highest BCUT2D eigenvalue weighted by Crippen LogP contribution is 2.62. The molecule has 0 fully saturated rings. The summed E-state index contributed by atoms with van der Waals surface area (Å²) in [5, 5.41) is 10.5. The molecule has 6 heteroatoms. The third kappa shape index (κ3) is 3.26. The fraction of sp³-hybridized carbons (Fsp3) is 0.205. The van der Waals surface area contributed by atoms with Gasteiger partial charge in [-0.15, -0.1) is 11.8 Å². The number of thioether (sulfide) groups is 1. The van der Waals surface area contributed by atoms with Gasteiger partial charge in [-0.3, -0.25) is 4.98 Å². The Kier molecular flexibility index (Phi) is 4.97. The lowest BCUT2D eigenvalue weighted by molar-refractivity contribution is 0.601. The molecule has 0 saturated carbocycles. The number of benzene rings is 2. The second-order valence-corrected chi connectivity index (χ2v) is 14.2. The fourth-order valence-electron chi connectivity index (χ4n) is 8.86. The molecule has 2 aromatic carbocycles. The fourth-order valence-corrected chi connectivity index (χ4v) is 10.3. The number of dihydropyridines is 1. The Morgan fingerprint density at radius 3 is 2.78 bits per heavy atom. The Bertz CT molecular complexity index is 2290. The first kappa shape index (κ1) is 24.8. The maximum atomic E-state index is 4.72. The molecular formula is C39H31N5S. The predicted molar refractivity (Wildman–Crippen MR) is 187 cm³/mol. The molecule has 7 heterocycles. The number of nitrogens with zero attached hydrogens (tertiary/aromatic N) is 3. The second-order valence-electron chi connectivity index (χ2n) is 13.0. The van der Waals surface area contributed by atoms with Crippen molar-refractivity contribution in [2.75, 3.05) is 13.1 Å². The van der Waals surface area contributed by atoms with Gasteiger partial charge in [0.05, 0.1) is 46.4 Å². The van der Waals surface area contributed by atoms with Gasteiger partial charge in [0.2, 0.25) is 0 Å². The number of nitrogens with one attached hydrogen (secondary N) is 2. The Balaban J connectivity index is 1.27. The van der Waals surface area contributed by atoms with E-state index in [1.54, 1.807) is 10.5 Å². The standard InChI is InChI=1S/C39H31N5S/c1-3-16-41-28(5-1)22-7-9-24-26-11-13-34-36-37-35(45-34)14-12-27-25-10-8-23(29-6-2-4-17-42-29)20-32(25)44(39(27)37)33-21-40-18-15-30(33)43(38(26)36)31(24)19-22/h1-2,4-10,12,14-15,17-20,28,35,37,40-41H,3,11,13,16,21H2. The minimum Gasteiger partial charge on any atom is -0.385 e. The highest BCUT2D eigenvalue weighted by molar-refractivity contribution is 8.04. The van der Waals surface area contributed by atoms with Crippen molar-refractivity contribution in [3.8, 4) is 11.3 Å². The van der Waals surface area contributed by atoms with Crippen LogP contribution in [0.25, 0.3) is 56.1 Å². The Morgan fingerprint density at radius 2 is 1.87 bits per heavy atom. The Labute approximate surface area is 265 Å². The topological polar surface area (TPSA) is 46.8 Å². The number of aryl methyl sites for hydroxylation is 1. The van der Waals surface area contributed by atoms with Gasteiger partial charge in [0.1, 0.15) is 0 Å². The van der Waals surface area contributed by atoms with E-state index in [4.69, 9.17) is 4.98 Å². The lowest BCUT2D eigenvalue weighted by Crippen LogP contribution is -2.28. The van der Waals surface area contributed by atoms with Gasteiger partial charge in [0, 0.05) is 45.0 Å². The van der Waals surface area contributed by atoms with Crippen LogP contribution in [0.3, 0.4) is 0 Å². The maximum Gasteiger partial charge on any atom is 0.0702 e. The van der Waals surface area contributed by atoms with Crippen molar-refractivity contribution in [3.05, 3.63) is 124 Å². The largest absolute Gasteiger partial charge is 0.385 e. The summed E-state index contributed by atoms with van der Waals surface area (Å²) < 4.78 is 5.29. The van der Waals surface area contributed by atoms with Crippen LogP contribution in [-0.4, -0.2) is 32.5 Å². The van der Waals surface area contributed by atoms with Crippen LogP contribution in [0.1, 0.15) is 52.9 Å². The zero-order chi connectivity index (χ0) is 29.2. The number of allylic oxidation sites excluding steroid dienone is 4. The Morgan fingerprint density at radius 1 is 0.911 bits per heavy atom. The molecule has 0 radical (unpaired) electrons. The maximum absolute atomic E-state index is 4.72. The van der Waals surface area contributed by atoms with Crippen LogP contribution in [0.5, 0.6) is 0 Å². The molecule has 45 heavy (non-hydrogen) atoms. The molecule has 0 amide bonds. The number of rotatable bonds is 2. The first-order chi connectivity index (χ1) is 22.3. The molecule has 0 spiro atoms. The van der Waals surface area contributed by atoms with Crippen molar-refractivity contribution in [2.45, 2.75) is 36.5 Å². The SMILES string of the molecule is C1=CC(c2ccc3c4c5n(c3c2)C2=C(CNC=C2)n2c3c(c6ccc(-c7ccccn7)cc62)C=CC2SC(=C5C32)CC4)NCC1. The molecule has 4 aliphatic heterocycles. The van der Waals surface area contributed by atoms with Gasteiger partial charge in [-0.2, -0.15) is 0 Å². The van der Waals surface area contributed by atoms with Crippen LogP contribution in [0.2, 0.25) is 0 Å². The lowest BCUT2D eigenvalue weighted by Gasteiger charge is -2.33. The lowest BCUT2D eigenvalue weighted by atomic mass is 9.79. The van der Waals surface area contributed by atoms with Gasteiger partial charge in [-0.1, -0.05) is 54.6 Å². The summed E-state index contributed by atoms with van der Waals surface area (Å²) >= 11 is 2.11. The van der Waals surface area contributed by atoms with Crippen LogP contribution < -0.4 is 10.6 Å². The number of aromatic nitrogens is 3. The first-order valence-electron chi connectivity index (χ1n) is 16.2. The molecule has 2 N–H and O–H groups in total. The molecule has 3 atom stereocenters. The van der Waals surface area contributed by atoms with Gasteiger partial charge < -0.3 is 19.8 Å². The van der Waals surface area contributed by atoms with E-state index in [-0.39, 0.29) is 6.04 Å². The second kappa shape index (κ2) is 9.03. The van der Waals surface area contributed by atoms with Crippen molar-refractivity contribution in [1.29, 1.82) is 0 Å². The van der Waals surface area contributed by atoms with E-state index in [1.807, 2.05) is 12.3 Å². The van der Waals surface area contributed by atoms with E-state index in [1.165, 1.54) is 61.3 Å². The van der Waals surface area contributed by atoms with Gasteiger partial charge >= 0.3 is 0 Å². The summed E-state index contributed by atoms with van der Waals surface area (Å²) in [6.07, 6.45) is 19.3. The highest BCUT2D eigenvalue weighted by Gasteiger charge is 2.47. The molecule has 11 rings (SSSR count). The zero-order valence-corrected chi connectivity index (χ0v) is 25.6. The van der Waals surface area contributed by atoms with E-state index in [0.717, 1.165) is 43.6 Å². The van der Waals surface area contributed by atoms with E-state index < -0.39 is 0 Å². The van der Waals surface area contributed by atoms with Crippen LogP contribution >= 0.6 is 11.8 Å². The average molecular weight is 602 g/mol. The molecule has 3 aromatic heterocycles. The number of pyridine rings is 1. The zero-order valence-electron chi connectivity index (χ0n) is 24.8. The van der Waals surface area contributed by atoms with E-state index in [9.17, 15) is 0 Å². The van der Waals surface area contributed by atoms with E-state index >= 15 is 0 Å². The third-order valence-corrected chi connectivity index (χ3v) is 12.1. The molecule has 6 aliphatic rings. The summed E-state index contributed by atoms with van der Waals surface area (Å²) in [5.74, 6) is 0.320. The summed E-state index contributed by atoms with van der Waals surface area (Å²) in [4.78, 5) is 6.31. The van der Waals surface area contributed by atoms with Crippen molar-refractivity contribution in [3.63, 3.8) is 0 Å². The van der Waals surface area contributed by atoms with Crippen molar-refractivity contribution in [2.24, 2.45) is 0 Å². The molecule has 2 aliphatic carbocycles. The van der Waals surface area contributed by atoms with Crippen molar-refractivity contribution >= 4 is 56.6 Å². The molecule has 218 valence electrons. The first-order valence-corrected chi connectivity index (χ1v) is 17.1. The summed E-state index contributed by atoms with van der Waals surface area (Å²) in [6.45, 7) is 1.80. The molecule has 0 bridgehead atoms. The van der Waals surface area contributed by atoms with Gasteiger partial charge in [0.25, 0.3) is 0 Å². The van der Waals surface area contributed by atoms with Crippen LogP contribution in [0.4, 0.5) is 0 Å². The highest BCUT2D eigenvalue weighted by atomic mass is 32.2. The smallest absolute Gasteiger partial charge is 0.0702 e. The van der Waals surface area contributed by atoms with Gasteiger partial charge in [0.15, 0.2) is 0 Å². The average Bonchev–Trinajstić information content (AvgIpc) is 3.75. The van der Waals surface area contributed by atoms with Crippen LogP contribution in [-0.2, 0) is 6.42 Å². The quantitative estimate of drug-likeness (QED) is 0.201. The van der Waals surface area contributed by atoms with Crippen molar-refractivity contribution in [1.82, 2.24) is 24.8 Å². The molecule has 3 unspecified atom stereocenters. The molecule has 5 nitrogen and oxygen atoms in total. The minimum atomic E-state index is 0.255. The summed E-state index contributed by atoms with van der Waals surface area (Å²) in [6, 6.07) is 20.7. The number of hydrogen-bond donors (Lipinski definition) is 2. The van der Waals surface area contributed by atoms with E-state index in [0.29, 0.717) is 11.2 Å². The summed E-state index contributed by atoms with van der Waals surface area (Å²) in [7, 11) is 0. The number of hydrogen-bond acceptors (Lipinski definition) is 4. The predicted octanol–water partition coefficient (Wildman–Crippen LogP) is 8.09. The van der Waals surface area contributed by atoms with Gasteiger partial charge in [-0.25, -0.2) is 0 Å². The monoisotopic (exact) mass is 601 g/mol. The Hall–Kier alpha value is -4.52. The van der Waals surface area contributed by atoms with Gasteiger partial charge in [-0.05, 0) is 84.0 Å². The van der Waals surface area contributed by atoms with Crippen molar-refractivity contribution < 1.29 is 0 Å². The van der Waals surface area contributed by atoms with Crippen LogP contribution in [0, 0.1) is 0 Å². The number of fused-ring (bicyclic) bond motifs is 8. The van der Waals surface area contributed by atoms with E-state index in [2.05, 4.69) is 117 Å². The molecule has 5 aromatic rings. The third-order valence-electron chi connectivity index (χ3n) is 10.7. The van der Waals surface area contributed by atoms with Crippen LogP contribution in [0.15, 0.2) is 96.2 Å². The minimum absolute atomic E-state index is 0.255. The summed E-state index contributed by atoms with van der Waals surface area (Å²) in [5.41, 5.74) is 16.1. The molecule has 0 saturated heterocycles. The normalized spacial score (nSPS) is 23.8. The molecular weight excluding hydrogens is 571 g/mol.